The molecule has 28 heavy (non-hydrogen) atoms. The Balaban J connectivity index is 1.51. The summed E-state index contributed by atoms with van der Waals surface area (Å²) in [6.07, 6.45) is 3.48. The number of nitrogens with zero attached hydrogens (tertiary/aromatic N) is 3. The van der Waals surface area contributed by atoms with E-state index in [1.54, 1.807) is 23.4 Å². The van der Waals surface area contributed by atoms with Crippen LogP contribution in [0.2, 0.25) is 0 Å². The predicted molar refractivity (Wildman–Crippen MR) is 104 cm³/mol. The number of fused-ring (bicyclic) bond motifs is 1. The SMILES string of the molecule is Cc1ccccc1CN1Cc2nc(OCc3cccnc3)ccc2OCC1=O. The van der Waals surface area contributed by atoms with E-state index in [0.717, 1.165) is 16.7 Å². The lowest BCUT2D eigenvalue weighted by Crippen LogP contribution is -2.32. The van der Waals surface area contributed by atoms with Crippen LogP contribution in [0.25, 0.3) is 0 Å². The van der Waals surface area contributed by atoms with Crippen LogP contribution < -0.4 is 9.47 Å². The molecule has 142 valence electrons. The van der Waals surface area contributed by atoms with Crippen molar-refractivity contribution in [2.75, 3.05) is 6.61 Å². The lowest BCUT2D eigenvalue weighted by Gasteiger charge is -2.20. The third-order valence-corrected chi connectivity index (χ3v) is 4.68. The van der Waals surface area contributed by atoms with Gasteiger partial charge in [-0.15, -0.1) is 0 Å². The van der Waals surface area contributed by atoms with E-state index in [2.05, 4.69) is 9.97 Å². The molecule has 0 aliphatic carbocycles. The monoisotopic (exact) mass is 375 g/mol. The highest BCUT2D eigenvalue weighted by Crippen LogP contribution is 2.26. The molecule has 1 amide bonds. The summed E-state index contributed by atoms with van der Waals surface area (Å²) in [7, 11) is 0. The summed E-state index contributed by atoms with van der Waals surface area (Å²) in [6, 6.07) is 15.4. The molecule has 0 bridgehead atoms. The molecule has 0 N–H and O–H groups in total. The molecule has 0 saturated carbocycles. The van der Waals surface area contributed by atoms with E-state index in [4.69, 9.17) is 9.47 Å². The molecule has 3 aromatic rings. The van der Waals surface area contributed by atoms with Gasteiger partial charge in [0.25, 0.3) is 5.91 Å². The van der Waals surface area contributed by atoms with E-state index in [0.29, 0.717) is 37.0 Å². The van der Waals surface area contributed by atoms with E-state index in [1.807, 2.05) is 49.4 Å². The van der Waals surface area contributed by atoms with Crippen molar-refractivity contribution in [3.8, 4) is 11.6 Å². The van der Waals surface area contributed by atoms with Crippen LogP contribution >= 0.6 is 0 Å². The van der Waals surface area contributed by atoms with Crippen molar-refractivity contribution < 1.29 is 14.3 Å². The van der Waals surface area contributed by atoms with Crippen LogP contribution in [-0.4, -0.2) is 27.4 Å². The Hall–Kier alpha value is -3.41. The van der Waals surface area contributed by atoms with Crippen LogP contribution in [0.4, 0.5) is 0 Å². The fourth-order valence-electron chi connectivity index (χ4n) is 3.07. The van der Waals surface area contributed by atoms with Gasteiger partial charge in [-0.2, -0.15) is 0 Å². The molecule has 1 aliphatic heterocycles. The Kier molecular flexibility index (Phi) is 5.19. The van der Waals surface area contributed by atoms with Crippen LogP contribution in [0, 0.1) is 6.92 Å². The van der Waals surface area contributed by atoms with Crippen LogP contribution in [0.1, 0.15) is 22.4 Å². The zero-order valence-corrected chi connectivity index (χ0v) is 15.7. The molecule has 1 aliphatic rings. The van der Waals surface area contributed by atoms with Gasteiger partial charge in [0.2, 0.25) is 5.88 Å². The second-order valence-corrected chi connectivity index (χ2v) is 6.71. The van der Waals surface area contributed by atoms with E-state index in [9.17, 15) is 4.79 Å². The first kappa shape index (κ1) is 18.0. The van der Waals surface area contributed by atoms with Crippen LogP contribution in [0.5, 0.6) is 11.6 Å². The first-order valence-corrected chi connectivity index (χ1v) is 9.16. The largest absolute Gasteiger partial charge is 0.482 e. The van der Waals surface area contributed by atoms with Crippen molar-refractivity contribution in [3.05, 3.63) is 83.3 Å². The number of aryl methyl sites for hydroxylation is 1. The number of ether oxygens (including phenoxy) is 2. The van der Waals surface area contributed by atoms with Gasteiger partial charge in [-0.3, -0.25) is 9.78 Å². The maximum atomic E-state index is 12.5. The maximum absolute atomic E-state index is 12.5. The van der Waals surface area contributed by atoms with Gasteiger partial charge in [-0.1, -0.05) is 30.3 Å². The van der Waals surface area contributed by atoms with Crippen molar-refractivity contribution in [1.29, 1.82) is 0 Å². The van der Waals surface area contributed by atoms with Gasteiger partial charge in [0.15, 0.2) is 6.61 Å². The molecule has 4 rings (SSSR count). The summed E-state index contributed by atoms with van der Waals surface area (Å²) >= 11 is 0. The van der Waals surface area contributed by atoms with Crippen molar-refractivity contribution in [2.45, 2.75) is 26.6 Å². The number of amides is 1. The number of carbonyl (C=O) groups is 1. The Morgan fingerprint density at radius 3 is 2.86 bits per heavy atom. The Morgan fingerprint density at radius 2 is 2.04 bits per heavy atom. The summed E-state index contributed by atoms with van der Waals surface area (Å²) in [5.41, 5.74) is 3.93. The molecule has 0 radical (unpaired) electrons. The highest BCUT2D eigenvalue weighted by molar-refractivity contribution is 5.78. The fraction of sp³-hybridized carbons (Fsp3) is 0.227. The molecular formula is C22H21N3O3. The number of aromatic nitrogens is 2. The van der Waals surface area contributed by atoms with Gasteiger partial charge in [0.05, 0.1) is 6.54 Å². The lowest BCUT2D eigenvalue weighted by molar-refractivity contribution is -0.133. The van der Waals surface area contributed by atoms with Crippen molar-refractivity contribution in [3.63, 3.8) is 0 Å². The average Bonchev–Trinajstić information content (AvgIpc) is 2.87. The van der Waals surface area contributed by atoms with E-state index in [1.165, 1.54) is 0 Å². The van der Waals surface area contributed by atoms with Gasteiger partial charge in [-0.05, 0) is 30.2 Å². The molecule has 6 nitrogen and oxygen atoms in total. The molecule has 3 heterocycles. The molecule has 1 aromatic carbocycles. The molecule has 0 spiro atoms. The second-order valence-electron chi connectivity index (χ2n) is 6.71. The number of hydrogen-bond acceptors (Lipinski definition) is 5. The first-order valence-electron chi connectivity index (χ1n) is 9.16. The van der Waals surface area contributed by atoms with Gasteiger partial charge >= 0.3 is 0 Å². The van der Waals surface area contributed by atoms with E-state index >= 15 is 0 Å². The highest BCUT2D eigenvalue weighted by atomic mass is 16.5. The zero-order chi connectivity index (χ0) is 19.3. The third-order valence-electron chi connectivity index (χ3n) is 4.68. The lowest BCUT2D eigenvalue weighted by atomic mass is 10.1. The standard InChI is InChI=1S/C22H21N3O3/c1-16-5-2-3-7-18(16)12-25-13-19-20(27-15-22(25)26)8-9-21(24-19)28-14-17-6-4-10-23-11-17/h2-11H,12-15H2,1H3. The summed E-state index contributed by atoms with van der Waals surface area (Å²) < 4.78 is 11.4. The molecule has 6 heteroatoms. The molecule has 0 unspecified atom stereocenters. The zero-order valence-electron chi connectivity index (χ0n) is 15.7. The highest BCUT2D eigenvalue weighted by Gasteiger charge is 2.23. The van der Waals surface area contributed by atoms with Gasteiger partial charge in [-0.25, -0.2) is 4.98 Å². The summed E-state index contributed by atoms with van der Waals surface area (Å²) in [4.78, 5) is 23.0. The van der Waals surface area contributed by atoms with Gasteiger partial charge in [0, 0.05) is 30.6 Å². The fourth-order valence-corrected chi connectivity index (χ4v) is 3.07. The molecule has 0 atom stereocenters. The molecule has 2 aromatic heterocycles. The predicted octanol–water partition coefficient (Wildman–Crippen LogP) is 3.29. The Morgan fingerprint density at radius 1 is 1.14 bits per heavy atom. The third kappa shape index (κ3) is 4.11. The van der Waals surface area contributed by atoms with Gasteiger partial charge < -0.3 is 14.4 Å². The van der Waals surface area contributed by atoms with Crippen molar-refractivity contribution >= 4 is 5.91 Å². The smallest absolute Gasteiger partial charge is 0.261 e. The van der Waals surface area contributed by atoms with E-state index in [-0.39, 0.29) is 12.5 Å². The van der Waals surface area contributed by atoms with Crippen LogP contribution in [-0.2, 0) is 24.5 Å². The number of rotatable bonds is 5. The Labute approximate surface area is 163 Å². The van der Waals surface area contributed by atoms with Crippen LogP contribution in [0.15, 0.2) is 60.9 Å². The number of hydrogen-bond donors (Lipinski definition) is 0. The summed E-state index contributed by atoms with van der Waals surface area (Å²) in [6.45, 7) is 3.34. The van der Waals surface area contributed by atoms with E-state index < -0.39 is 0 Å². The first-order chi connectivity index (χ1) is 13.7. The van der Waals surface area contributed by atoms with Crippen molar-refractivity contribution in [1.82, 2.24) is 14.9 Å². The quantitative estimate of drug-likeness (QED) is 0.685. The molecular weight excluding hydrogens is 354 g/mol. The topological polar surface area (TPSA) is 64.6 Å². The minimum Gasteiger partial charge on any atom is -0.482 e. The molecule has 0 saturated heterocycles. The maximum Gasteiger partial charge on any atom is 0.261 e. The average molecular weight is 375 g/mol. The summed E-state index contributed by atoms with van der Waals surface area (Å²) in [5, 5.41) is 0. The normalized spacial score (nSPS) is 13.5. The number of pyridine rings is 2. The number of benzene rings is 1. The summed E-state index contributed by atoms with van der Waals surface area (Å²) in [5.74, 6) is 1.06. The Bertz CT molecular complexity index is 976. The van der Waals surface area contributed by atoms with Crippen molar-refractivity contribution in [2.24, 2.45) is 0 Å². The minimum atomic E-state index is -0.0564. The second kappa shape index (κ2) is 8.08. The minimum absolute atomic E-state index is 0.0104. The molecule has 0 fully saturated rings. The van der Waals surface area contributed by atoms with Crippen LogP contribution in [0.3, 0.4) is 0 Å². The number of carbonyl (C=O) groups excluding carboxylic acids is 1. The van der Waals surface area contributed by atoms with Gasteiger partial charge in [0.1, 0.15) is 18.1 Å².